The summed E-state index contributed by atoms with van der Waals surface area (Å²) in [4.78, 5) is 16.5. The third-order valence-electron chi connectivity index (χ3n) is 7.01. The molecule has 1 aliphatic heterocycles. The third-order valence-corrected chi connectivity index (χ3v) is 7.01. The van der Waals surface area contributed by atoms with E-state index in [1.807, 2.05) is 12.5 Å². The lowest BCUT2D eigenvalue weighted by atomic mass is 9.55. The Balaban J connectivity index is 1.31. The number of aryl methyl sites for hydroxylation is 1. The van der Waals surface area contributed by atoms with Gasteiger partial charge in [0.25, 0.3) is 0 Å². The first kappa shape index (κ1) is 17.8. The van der Waals surface area contributed by atoms with Crippen LogP contribution in [0.2, 0.25) is 0 Å². The molecule has 0 spiro atoms. The molecule has 4 rings (SSSR count). The van der Waals surface area contributed by atoms with Crippen LogP contribution in [0.5, 0.6) is 0 Å². The van der Waals surface area contributed by atoms with Crippen molar-refractivity contribution in [1.29, 1.82) is 0 Å². The van der Waals surface area contributed by atoms with Gasteiger partial charge in [-0.05, 0) is 56.4 Å². The van der Waals surface area contributed by atoms with Gasteiger partial charge >= 0.3 is 5.97 Å². The van der Waals surface area contributed by atoms with Gasteiger partial charge in [0.1, 0.15) is 6.10 Å². The monoisotopic (exact) mass is 357 g/mol. The fourth-order valence-electron chi connectivity index (χ4n) is 5.55. The zero-order valence-corrected chi connectivity index (χ0v) is 15.8. The highest BCUT2D eigenvalue weighted by Crippen LogP contribution is 2.56. The summed E-state index contributed by atoms with van der Waals surface area (Å²) < 4.78 is 7.90. The molecule has 3 aliphatic rings. The van der Waals surface area contributed by atoms with E-state index < -0.39 is 0 Å². The molecule has 1 aromatic heterocycles. The fraction of sp³-hybridized carbons (Fsp3) is 0.714. The van der Waals surface area contributed by atoms with Crippen molar-refractivity contribution in [3.8, 4) is 0 Å². The summed E-state index contributed by atoms with van der Waals surface area (Å²) in [6, 6.07) is 0. The van der Waals surface area contributed by atoms with Crippen LogP contribution in [0.1, 0.15) is 45.4 Å². The van der Waals surface area contributed by atoms with Crippen molar-refractivity contribution in [1.82, 2.24) is 14.9 Å². The van der Waals surface area contributed by atoms with Gasteiger partial charge in [0.2, 0.25) is 0 Å². The predicted octanol–water partition coefficient (Wildman–Crippen LogP) is 3.18. The number of nitrogens with zero attached hydrogens (tertiary/aromatic N) is 2. The van der Waals surface area contributed by atoms with Gasteiger partial charge < -0.3 is 14.6 Å². The molecule has 2 aliphatic carbocycles. The van der Waals surface area contributed by atoms with Gasteiger partial charge in [0.05, 0.1) is 12.2 Å². The predicted molar refractivity (Wildman–Crippen MR) is 100 cm³/mol. The average molecular weight is 357 g/mol. The molecule has 5 heteroatoms. The Hall–Kier alpha value is -1.62. The molecular weight excluding hydrogens is 326 g/mol. The Bertz CT molecular complexity index is 656. The number of imidazole rings is 1. The molecule has 0 bridgehead atoms. The van der Waals surface area contributed by atoms with E-state index in [0.717, 1.165) is 45.3 Å². The second-order valence-corrected chi connectivity index (χ2v) is 8.76. The number of nitrogens with one attached hydrogen (secondary N) is 1. The smallest absolute Gasteiger partial charge is 0.310 e. The Morgan fingerprint density at radius 1 is 1.50 bits per heavy atom. The summed E-state index contributed by atoms with van der Waals surface area (Å²) in [5, 5.41) is 3.49. The van der Waals surface area contributed by atoms with E-state index in [2.05, 4.69) is 28.4 Å². The minimum atomic E-state index is 0.00696. The maximum Gasteiger partial charge on any atom is 0.310 e. The lowest BCUT2D eigenvalue weighted by Gasteiger charge is -2.50. The highest BCUT2D eigenvalue weighted by atomic mass is 16.6. The molecule has 2 saturated carbocycles. The highest BCUT2D eigenvalue weighted by Gasteiger charge is 2.54. The summed E-state index contributed by atoms with van der Waals surface area (Å²) in [5.74, 6) is 0.940. The third kappa shape index (κ3) is 3.34. The molecule has 1 saturated heterocycles. The highest BCUT2D eigenvalue weighted by molar-refractivity contribution is 5.75. The van der Waals surface area contributed by atoms with Crippen LogP contribution in [0.3, 0.4) is 0 Å². The number of hydrogen-bond donors (Lipinski definition) is 1. The summed E-state index contributed by atoms with van der Waals surface area (Å²) >= 11 is 0. The zero-order valence-electron chi connectivity index (χ0n) is 15.8. The van der Waals surface area contributed by atoms with Crippen molar-refractivity contribution < 1.29 is 9.53 Å². The lowest BCUT2D eigenvalue weighted by Crippen LogP contribution is -2.45. The Kier molecular flexibility index (Phi) is 4.91. The number of allylic oxidation sites excluding steroid dienone is 1. The summed E-state index contributed by atoms with van der Waals surface area (Å²) in [6.07, 6.45) is 12.5. The van der Waals surface area contributed by atoms with E-state index in [0.29, 0.717) is 11.8 Å². The van der Waals surface area contributed by atoms with E-state index in [1.165, 1.54) is 18.4 Å². The number of rotatable bonds is 6. The van der Waals surface area contributed by atoms with Crippen molar-refractivity contribution in [3.63, 3.8) is 0 Å². The molecule has 0 aromatic carbocycles. The first-order valence-corrected chi connectivity index (χ1v) is 10.1. The second-order valence-electron chi connectivity index (χ2n) is 8.76. The van der Waals surface area contributed by atoms with Crippen LogP contribution >= 0.6 is 0 Å². The average Bonchev–Trinajstić information content (AvgIpc) is 3.21. The largest absolute Gasteiger partial charge is 0.462 e. The molecule has 0 radical (unpaired) electrons. The van der Waals surface area contributed by atoms with Crippen LogP contribution in [0.4, 0.5) is 0 Å². The van der Waals surface area contributed by atoms with Crippen molar-refractivity contribution in [2.75, 3.05) is 13.1 Å². The Labute approximate surface area is 156 Å². The van der Waals surface area contributed by atoms with Gasteiger partial charge in [-0.1, -0.05) is 19.1 Å². The number of carbonyl (C=O) groups excluding carboxylic acids is 1. The van der Waals surface area contributed by atoms with Crippen molar-refractivity contribution in [2.24, 2.45) is 23.2 Å². The standard InChI is InChI=1S/C21H31N3O2/c1-15-5-3-6-21(2)12-19-16(11-18(15)21)17(20(25)26-19)13-22-7-4-9-24-10-8-23-14-24/h8,10,14,16-19,22H,1,3-7,9,11-13H2,2H3. The van der Waals surface area contributed by atoms with E-state index in [1.54, 1.807) is 6.20 Å². The molecule has 1 N–H and O–H groups in total. The van der Waals surface area contributed by atoms with Crippen LogP contribution < -0.4 is 5.32 Å². The van der Waals surface area contributed by atoms with Crippen LogP contribution in [-0.4, -0.2) is 34.7 Å². The molecule has 3 fully saturated rings. The SMILES string of the molecule is C=C1CCCC2(C)CC3OC(=O)C(CNCCCn4ccnc4)C3CC12. The van der Waals surface area contributed by atoms with Gasteiger partial charge in [-0.2, -0.15) is 0 Å². The Morgan fingerprint density at radius 2 is 2.38 bits per heavy atom. The first-order valence-electron chi connectivity index (χ1n) is 10.1. The number of carbonyl (C=O) groups is 1. The van der Waals surface area contributed by atoms with Crippen LogP contribution in [-0.2, 0) is 16.1 Å². The van der Waals surface area contributed by atoms with Crippen LogP contribution in [0.15, 0.2) is 30.9 Å². The van der Waals surface area contributed by atoms with E-state index in [4.69, 9.17) is 4.74 Å². The van der Waals surface area contributed by atoms with Crippen LogP contribution in [0.25, 0.3) is 0 Å². The molecular formula is C21H31N3O2. The quantitative estimate of drug-likeness (QED) is 0.483. The molecule has 142 valence electrons. The summed E-state index contributed by atoms with van der Waals surface area (Å²) in [6.45, 7) is 9.35. The van der Waals surface area contributed by atoms with E-state index >= 15 is 0 Å². The van der Waals surface area contributed by atoms with Gasteiger partial charge in [0, 0.05) is 31.4 Å². The number of aromatic nitrogens is 2. The van der Waals surface area contributed by atoms with E-state index in [9.17, 15) is 4.79 Å². The van der Waals surface area contributed by atoms with Gasteiger partial charge in [0.15, 0.2) is 0 Å². The van der Waals surface area contributed by atoms with E-state index in [-0.39, 0.29) is 23.4 Å². The molecule has 2 heterocycles. The second kappa shape index (κ2) is 7.18. The van der Waals surface area contributed by atoms with Crippen LogP contribution in [0, 0.1) is 23.2 Å². The first-order chi connectivity index (χ1) is 12.6. The van der Waals surface area contributed by atoms with Crippen molar-refractivity contribution in [3.05, 3.63) is 30.9 Å². The van der Waals surface area contributed by atoms with Crippen molar-refractivity contribution in [2.45, 2.75) is 58.1 Å². The topological polar surface area (TPSA) is 56.1 Å². The lowest BCUT2D eigenvalue weighted by molar-refractivity contribution is -0.146. The maximum absolute atomic E-state index is 12.5. The normalized spacial score (nSPS) is 36.5. The number of ether oxygens (including phenoxy) is 1. The van der Waals surface area contributed by atoms with Gasteiger partial charge in [-0.15, -0.1) is 0 Å². The molecule has 5 nitrogen and oxygen atoms in total. The summed E-state index contributed by atoms with van der Waals surface area (Å²) in [5.41, 5.74) is 1.69. The van der Waals surface area contributed by atoms with Gasteiger partial charge in [-0.25, -0.2) is 4.98 Å². The molecule has 5 atom stereocenters. The molecule has 26 heavy (non-hydrogen) atoms. The molecule has 0 amide bonds. The Morgan fingerprint density at radius 3 is 3.19 bits per heavy atom. The number of fused-ring (bicyclic) bond motifs is 2. The van der Waals surface area contributed by atoms with Gasteiger partial charge in [-0.3, -0.25) is 4.79 Å². The van der Waals surface area contributed by atoms with Crippen molar-refractivity contribution >= 4 is 5.97 Å². The minimum Gasteiger partial charge on any atom is -0.462 e. The number of hydrogen-bond acceptors (Lipinski definition) is 4. The molecule has 5 unspecified atom stereocenters. The fourth-order valence-corrected chi connectivity index (χ4v) is 5.55. The number of esters is 1. The molecule has 1 aromatic rings. The minimum absolute atomic E-state index is 0.00696. The maximum atomic E-state index is 12.5. The summed E-state index contributed by atoms with van der Waals surface area (Å²) in [7, 11) is 0. The zero-order chi connectivity index (χ0) is 18.1.